The average Bonchev–Trinajstić information content (AvgIpc) is 2.55. The van der Waals surface area contributed by atoms with Gasteiger partial charge in [-0.25, -0.2) is 4.79 Å². The summed E-state index contributed by atoms with van der Waals surface area (Å²) < 4.78 is 5.05. The molecule has 0 heterocycles. The van der Waals surface area contributed by atoms with Crippen molar-refractivity contribution in [2.24, 2.45) is 4.99 Å². The van der Waals surface area contributed by atoms with Crippen LogP contribution in [0, 0.1) is 0 Å². The fourth-order valence-electron chi connectivity index (χ4n) is 2.06. The van der Waals surface area contributed by atoms with Crippen LogP contribution in [0.1, 0.15) is 18.1 Å². The smallest absolute Gasteiger partial charge is 0.331 e. The van der Waals surface area contributed by atoms with Crippen LogP contribution in [0.3, 0.4) is 0 Å². The zero-order valence-electron chi connectivity index (χ0n) is 12.8. The summed E-state index contributed by atoms with van der Waals surface area (Å²) in [4.78, 5) is 16.3. The van der Waals surface area contributed by atoms with Gasteiger partial charge in [0.1, 0.15) is 11.5 Å². The van der Waals surface area contributed by atoms with Crippen LogP contribution >= 0.6 is 0 Å². The van der Waals surface area contributed by atoms with Gasteiger partial charge in [0.2, 0.25) is 0 Å². The Kier molecular flexibility index (Phi) is 5.74. The molecule has 2 aromatic carbocycles. The number of nitrogens with zero attached hydrogens (tertiary/aromatic N) is 1. The predicted molar refractivity (Wildman–Crippen MR) is 87.9 cm³/mol. The normalized spacial score (nSPS) is 12.2. The highest BCUT2D eigenvalue weighted by molar-refractivity contribution is 5.86. The molecule has 0 bridgehead atoms. The minimum absolute atomic E-state index is 0.100. The van der Waals surface area contributed by atoms with E-state index in [4.69, 9.17) is 4.74 Å². The quantitative estimate of drug-likeness (QED) is 0.635. The molecule has 0 fully saturated rings. The summed E-state index contributed by atoms with van der Waals surface area (Å²) in [6, 6.07) is 12.6. The number of para-hydroxylation sites is 1. The van der Waals surface area contributed by atoms with Gasteiger partial charge >= 0.3 is 5.97 Å². The van der Waals surface area contributed by atoms with Crippen LogP contribution in [0.15, 0.2) is 53.5 Å². The number of aliphatic imine (C=N–C) groups is 1. The third-order valence-electron chi connectivity index (χ3n) is 3.25. The molecule has 5 heteroatoms. The minimum Gasteiger partial charge on any atom is -0.508 e. The lowest BCUT2D eigenvalue weighted by Crippen LogP contribution is -2.24. The van der Waals surface area contributed by atoms with E-state index in [0.717, 1.165) is 5.56 Å². The molecule has 0 aromatic heterocycles. The van der Waals surface area contributed by atoms with Gasteiger partial charge in [-0.3, -0.25) is 4.99 Å². The van der Waals surface area contributed by atoms with Crippen molar-refractivity contribution in [2.45, 2.75) is 19.4 Å². The summed E-state index contributed by atoms with van der Waals surface area (Å²) in [5.74, 6) is -0.158. The zero-order chi connectivity index (χ0) is 16.7. The van der Waals surface area contributed by atoms with E-state index in [2.05, 4.69) is 4.99 Å². The van der Waals surface area contributed by atoms with Gasteiger partial charge in [0, 0.05) is 18.2 Å². The summed E-state index contributed by atoms with van der Waals surface area (Å²) in [5, 5.41) is 19.1. The zero-order valence-corrected chi connectivity index (χ0v) is 12.8. The molecule has 1 atom stereocenters. The Morgan fingerprint density at radius 3 is 2.52 bits per heavy atom. The maximum Gasteiger partial charge on any atom is 0.331 e. The van der Waals surface area contributed by atoms with E-state index >= 15 is 0 Å². The van der Waals surface area contributed by atoms with Crippen LogP contribution in [-0.2, 0) is 16.0 Å². The van der Waals surface area contributed by atoms with Crippen molar-refractivity contribution >= 4 is 12.2 Å². The van der Waals surface area contributed by atoms with Crippen molar-refractivity contribution in [1.29, 1.82) is 0 Å². The average molecular weight is 313 g/mol. The van der Waals surface area contributed by atoms with Crippen LogP contribution in [0.5, 0.6) is 11.5 Å². The molecule has 120 valence electrons. The second kappa shape index (κ2) is 7.98. The molecule has 23 heavy (non-hydrogen) atoms. The molecular formula is C18H19NO4. The van der Waals surface area contributed by atoms with Crippen molar-refractivity contribution in [1.82, 2.24) is 0 Å². The number of rotatable bonds is 6. The molecule has 0 radical (unpaired) electrons. The van der Waals surface area contributed by atoms with Crippen LogP contribution in [-0.4, -0.2) is 35.0 Å². The van der Waals surface area contributed by atoms with E-state index in [-0.39, 0.29) is 18.1 Å². The molecule has 2 N–H and O–H groups in total. The van der Waals surface area contributed by atoms with E-state index in [1.54, 1.807) is 55.5 Å². The molecule has 0 spiro atoms. The fourth-order valence-corrected chi connectivity index (χ4v) is 2.06. The first kappa shape index (κ1) is 16.5. The summed E-state index contributed by atoms with van der Waals surface area (Å²) in [7, 11) is 0. The van der Waals surface area contributed by atoms with Gasteiger partial charge in [0.25, 0.3) is 0 Å². The van der Waals surface area contributed by atoms with Gasteiger partial charge in [-0.2, -0.15) is 0 Å². The lowest BCUT2D eigenvalue weighted by molar-refractivity contribution is -0.144. The number of ether oxygens (including phenoxy) is 1. The van der Waals surface area contributed by atoms with E-state index < -0.39 is 12.0 Å². The summed E-state index contributed by atoms with van der Waals surface area (Å²) in [6.07, 6.45) is 1.82. The Morgan fingerprint density at radius 2 is 1.87 bits per heavy atom. The number of aromatic hydroxyl groups is 2. The van der Waals surface area contributed by atoms with Crippen LogP contribution in [0.2, 0.25) is 0 Å². The molecule has 0 saturated heterocycles. The van der Waals surface area contributed by atoms with Gasteiger partial charge < -0.3 is 14.9 Å². The number of hydrogen-bond donors (Lipinski definition) is 2. The second-order valence-electron chi connectivity index (χ2n) is 4.98. The molecular weight excluding hydrogens is 294 g/mol. The van der Waals surface area contributed by atoms with Gasteiger partial charge in [0.05, 0.1) is 6.61 Å². The first-order valence-corrected chi connectivity index (χ1v) is 7.36. The lowest BCUT2D eigenvalue weighted by atomic mass is 10.1. The third-order valence-corrected chi connectivity index (χ3v) is 3.25. The highest BCUT2D eigenvalue weighted by Gasteiger charge is 2.19. The third kappa shape index (κ3) is 4.85. The van der Waals surface area contributed by atoms with Crippen molar-refractivity contribution in [3.63, 3.8) is 0 Å². The number of hydrogen-bond acceptors (Lipinski definition) is 5. The van der Waals surface area contributed by atoms with Gasteiger partial charge in [-0.15, -0.1) is 0 Å². The monoisotopic (exact) mass is 313 g/mol. The van der Waals surface area contributed by atoms with Gasteiger partial charge in [-0.05, 0) is 36.8 Å². The first-order valence-electron chi connectivity index (χ1n) is 7.36. The number of esters is 1. The van der Waals surface area contributed by atoms with Crippen molar-refractivity contribution in [2.75, 3.05) is 6.61 Å². The SMILES string of the molecule is CCOC(=O)C(Cc1ccc(O)cc1)N=Cc1ccccc1O. The number of benzene rings is 2. The van der Waals surface area contributed by atoms with E-state index in [1.807, 2.05) is 0 Å². The number of phenols is 2. The summed E-state index contributed by atoms with van der Waals surface area (Å²) in [6.45, 7) is 2.01. The molecule has 0 aliphatic carbocycles. The molecule has 1 unspecified atom stereocenters. The number of carbonyl (C=O) groups is 1. The Labute approximate surface area is 134 Å². The maximum absolute atomic E-state index is 12.1. The predicted octanol–water partition coefficient (Wildman–Crippen LogP) is 2.69. The molecule has 2 aromatic rings. The first-order chi connectivity index (χ1) is 11.1. The summed E-state index contributed by atoms with van der Waals surface area (Å²) >= 11 is 0. The molecule has 0 aliphatic rings. The summed E-state index contributed by atoms with van der Waals surface area (Å²) in [5.41, 5.74) is 1.39. The standard InChI is InChI=1S/C18H19NO4/c1-2-23-18(22)16(11-13-7-9-15(20)10-8-13)19-12-14-5-3-4-6-17(14)21/h3-10,12,16,20-21H,2,11H2,1H3. The number of phenolic OH excluding ortho intramolecular Hbond substituents is 2. The molecule has 2 rings (SSSR count). The van der Waals surface area contributed by atoms with E-state index in [0.29, 0.717) is 12.0 Å². The fraction of sp³-hybridized carbons (Fsp3) is 0.222. The minimum atomic E-state index is -0.709. The highest BCUT2D eigenvalue weighted by atomic mass is 16.5. The largest absolute Gasteiger partial charge is 0.508 e. The van der Waals surface area contributed by atoms with Crippen molar-refractivity contribution in [3.8, 4) is 11.5 Å². The van der Waals surface area contributed by atoms with Crippen molar-refractivity contribution < 1.29 is 19.7 Å². The molecule has 0 amide bonds. The lowest BCUT2D eigenvalue weighted by Gasteiger charge is -2.11. The molecule has 0 saturated carbocycles. The van der Waals surface area contributed by atoms with Crippen molar-refractivity contribution in [3.05, 3.63) is 59.7 Å². The van der Waals surface area contributed by atoms with E-state index in [9.17, 15) is 15.0 Å². The molecule has 5 nitrogen and oxygen atoms in total. The Hall–Kier alpha value is -2.82. The van der Waals surface area contributed by atoms with Crippen LogP contribution in [0.4, 0.5) is 0 Å². The van der Waals surface area contributed by atoms with Gasteiger partial charge in [-0.1, -0.05) is 24.3 Å². The van der Waals surface area contributed by atoms with E-state index in [1.165, 1.54) is 6.21 Å². The van der Waals surface area contributed by atoms with Crippen LogP contribution < -0.4 is 0 Å². The molecule has 0 aliphatic heterocycles. The Balaban J connectivity index is 2.18. The van der Waals surface area contributed by atoms with Gasteiger partial charge in [0.15, 0.2) is 6.04 Å². The maximum atomic E-state index is 12.1. The topological polar surface area (TPSA) is 79.1 Å². The Morgan fingerprint density at radius 1 is 1.17 bits per heavy atom. The second-order valence-corrected chi connectivity index (χ2v) is 4.98. The van der Waals surface area contributed by atoms with Crippen LogP contribution in [0.25, 0.3) is 0 Å². The highest BCUT2D eigenvalue weighted by Crippen LogP contribution is 2.16. The number of carbonyl (C=O) groups excluding carboxylic acids is 1. The Bertz CT molecular complexity index is 680.